The Balaban J connectivity index is 2.36. The van der Waals surface area contributed by atoms with E-state index in [1.54, 1.807) is 12.1 Å². The maximum Gasteiger partial charge on any atom is 0.417 e. The van der Waals surface area contributed by atoms with Crippen LogP contribution in [0.1, 0.15) is 21.5 Å². The van der Waals surface area contributed by atoms with E-state index in [9.17, 15) is 18.0 Å². The van der Waals surface area contributed by atoms with Crippen molar-refractivity contribution in [1.29, 1.82) is 0 Å². The summed E-state index contributed by atoms with van der Waals surface area (Å²) in [6.07, 6.45) is -4.57. The van der Waals surface area contributed by atoms with Crippen LogP contribution in [0, 0.1) is 6.92 Å². The van der Waals surface area contributed by atoms with Crippen molar-refractivity contribution in [2.45, 2.75) is 13.1 Å². The van der Waals surface area contributed by atoms with Gasteiger partial charge in [0.2, 0.25) is 0 Å². The Morgan fingerprint density at radius 1 is 1.10 bits per heavy atom. The zero-order chi connectivity index (χ0) is 15.6. The lowest BCUT2D eigenvalue weighted by atomic mass is 10.1. The Morgan fingerprint density at radius 2 is 1.76 bits per heavy atom. The van der Waals surface area contributed by atoms with E-state index < -0.39 is 23.2 Å². The van der Waals surface area contributed by atoms with Crippen LogP contribution in [-0.4, -0.2) is 5.91 Å². The molecule has 0 heterocycles. The molecule has 0 atom stereocenters. The second-order valence-electron chi connectivity index (χ2n) is 4.43. The first-order chi connectivity index (χ1) is 9.80. The number of benzene rings is 2. The third-order valence-electron chi connectivity index (χ3n) is 2.92. The van der Waals surface area contributed by atoms with E-state index in [0.717, 1.165) is 17.7 Å². The average Bonchev–Trinajstić information content (AvgIpc) is 2.43. The van der Waals surface area contributed by atoms with Gasteiger partial charge < -0.3 is 5.32 Å². The van der Waals surface area contributed by atoms with E-state index in [2.05, 4.69) is 21.2 Å². The molecule has 0 saturated carbocycles. The van der Waals surface area contributed by atoms with Gasteiger partial charge in [-0.1, -0.05) is 24.3 Å². The van der Waals surface area contributed by atoms with Crippen molar-refractivity contribution in [2.24, 2.45) is 0 Å². The highest BCUT2D eigenvalue weighted by Gasteiger charge is 2.34. The van der Waals surface area contributed by atoms with Gasteiger partial charge in [-0.3, -0.25) is 4.79 Å². The van der Waals surface area contributed by atoms with Crippen LogP contribution in [0.4, 0.5) is 18.9 Å². The zero-order valence-electron chi connectivity index (χ0n) is 11.0. The van der Waals surface area contributed by atoms with Crippen molar-refractivity contribution in [2.75, 3.05) is 5.32 Å². The molecule has 0 unspecified atom stereocenters. The average molecular weight is 358 g/mol. The van der Waals surface area contributed by atoms with Gasteiger partial charge in [-0.2, -0.15) is 13.2 Å². The standard InChI is InChI=1S/C15H11BrF3NO/c1-9-5-4-8-12(13(9)16)20-14(21)10-6-2-3-7-11(10)15(17,18)19/h2-8H,1H3,(H,20,21). The summed E-state index contributed by atoms with van der Waals surface area (Å²) in [6, 6.07) is 9.85. The summed E-state index contributed by atoms with van der Waals surface area (Å²) in [6.45, 7) is 1.82. The Bertz CT molecular complexity index is 683. The highest BCUT2D eigenvalue weighted by Crippen LogP contribution is 2.33. The first-order valence-electron chi connectivity index (χ1n) is 6.03. The molecule has 0 aliphatic heterocycles. The maximum absolute atomic E-state index is 12.9. The fraction of sp³-hybridized carbons (Fsp3) is 0.133. The van der Waals surface area contributed by atoms with Crippen molar-refractivity contribution < 1.29 is 18.0 Å². The summed E-state index contributed by atoms with van der Waals surface area (Å²) in [7, 11) is 0. The lowest BCUT2D eigenvalue weighted by Crippen LogP contribution is -2.18. The van der Waals surface area contributed by atoms with Crippen LogP contribution in [0.5, 0.6) is 0 Å². The van der Waals surface area contributed by atoms with E-state index in [1.807, 2.05) is 13.0 Å². The molecule has 0 spiro atoms. The maximum atomic E-state index is 12.9. The number of carbonyl (C=O) groups excluding carboxylic acids is 1. The minimum absolute atomic E-state index is 0.404. The quantitative estimate of drug-likeness (QED) is 0.802. The molecule has 0 radical (unpaired) electrons. The van der Waals surface area contributed by atoms with Crippen molar-refractivity contribution in [1.82, 2.24) is 0 Å². The van der Waals surface area contributed by atoms with E-state index in [1.165, 1.54) is 12.1 Å². The molecule has 0 bridgehead atoms. The lowest BCUT2D eigenvalue weighted by Gasteiger charge is -2.13. The number of rotatable bonds is 2. The lowest BCUT2D eigenvalue weighted by molar-refractivity contribution is -0.137. The summed E-state index contributed by atoms with van der Waals surface area (Å²) in [5.74, 6) is -0.797. The van der Waals surface area contributed by atoms with Crippen LogP contribution in [0.3, 0.4) is 0 Å². The second-order valence-corrected chi connectivity index (χ2v) is 5.23. The number of aryl methyl sites for hydroxylation is 1. The molecule has 2 nitrogen and oxygen atoms in total. The highest BCUT2D eigenvalue weighted by molar-refractivity contribution is 9.10. The summed E-state index contributed by atoms with van der Waals surface area (Å²) in [5, 5.41) is 2.49. The molecule has 0 saturated heterocycles. The summed E-state index contributed by atoms with van der Waals surface area (Å²) in [4.78, 5) is 12.1. The molecule has 21 heavy (non-hydrogen) atoms. The van der Waals surface area contributed by atoms with Gasteiger partial charge in [-0.25, -0.2) is 0 Å². The van der Waals surface area contributed by atoms with Gasteiger partial charge in [-0.15, -0.1) is 0 Å². The minimum Gasteiger partial charge on any atom is -0.321 e. The number of nitrogens with one attached hydrogen (secondary N) is 1. The van der Waals surface area contributed by atoms with Gasteiger partial charge in [0.05, 0.1) is 16.8 Å². The fourth-order valence-corrected chi connectivity index (χ4v) is 2.23. The van der Waals surface area contributed by atoms with Gasteiger partial charge in [0.1, 0.15) is 0 Å². The van der Waals surface area contributed by atoms with Gasteiger partial charge in [0, 0.05) is 4.47 Å². The molecular weight excluding hydrogens is 347 g/mol. The van der Waals surface area contributed by atoms with Crippen molar-refractivity contribution in [3.63, 3.8) is 0 Å². The largest absolute Gasteiger partial charge is 0.417 e. The third-order valence-corrected chi connectivity index (χ3v) is 3.97. The first-order valence-corrected chi connectivity index (χ1v) is 6.82. The fourth-order valence-electron chi connectivity index (χ4n) is 1.86. The van der Waals surface area contributed by atoms with Crippen LogP contribution in [0.2, 0.25) is 0 Å². The molecule has 2 aromatic rings. The predicted octanol–water partition coefficient (Wildman–Crippen LogP) is 5.03. The molecule has 0 aromatic heterocycles. The SMILES string of the molecule is Cc1cccc(NC(=O)c2ccccc2C(F)(F)F)c1Br. The summed E-state index contributed by atoms with van der Waals surface area (Å²) >= 11 is 3.30. The van der Waals surface area contributed by atoms with E-state index in [0.29, 0.717) is 10.2 Å². The normalized spacial score (nSPS) is 11.3. The molecule has 0 aliphatic carbocycles. The van der Waals surface area contributed by atoms with Crippen LogP contribution in [0.15, 0.2) is 46.9 Å². The van der Waals surface area contributed by atoms with Crippen LogP contribution in [0.25, 0.3) is 0 Å². The van der Waals surface area contributed by atoms with Crippen LogP contribution in [-0.2, 0) is 6.18 Å². The number of hydrogen-bond acceptors (Lipinski definition) is 1. The molecule has 1 amide bonds. The Kier molecular flexibility index (Phi) is 4.37. The Labute approximate surface area is 128 Å². The number of amides is 1. The number of alkyl halides is 3. The molecule has 1 N–H and O–H groups in total. The molecule has 2 rings (SSSR count). The van der Waals surface area contributed by atoms with Gasteiger partial charge >= 0.3 is 6.18 Å². The van der Waals surface area contributed by atoms with Crippen molar-refractivity contribution in [3.8, 4) is 0 Å². The van der Waals surface area contributed by atoms with E-state index in [-0.39, 0.29) is 0 Å². The number of hydrogen-bond donors (Lipinski definition) is 1. The van der Waals surface area contributed by atoms with Gasteiger partial charge in [-0.05, 0) is 46.6 Å². The smallest absolute Gasteiger partial charge is 0.321 e. The third kappa shape index (κ3) is 3.44. The Morgan fingerprint density at radius 3 is 2.43 bits per heavy atom. The molecule has 110 valence electrons. The number of anilines is 1. The second kappa shape index (κ2) is 5.89. The molecule has 0 aliphatic rings. The summed E-state index contributed by atoms with van der Waals surface area (Å²) < 4.78 is 39.3. The van der Waals surface area contributed by atoms with Crippen LogP contribution >= 0.6 is 15.9 Å². The van der Waals surface area contributed by atoms with Crippen LogP contribution < -0.4 is 5.32 Å². The monoisotopic (exact) mass is 357 g/mol. The van der Waals surface area contributed by atoms with E-state index in [4.69, 9.17) is 0 Å². The number of halogens is 4. The predicted molar refractivity (Wildman–Crippen MR) is 78.3 cm³/mol. The molecular formula is C15H11BrF3NO. The Hall–Kier alpha value is -1.82. The summed E-state index contributed by atoms with van der Waals surface area (Å²) in [5.41, 5.74) is -0.0569. The number of carbonyl (C=O) groups is 1. The van der Waals surface area contributed by atoms with E-state index >= 15 is 0 Å². The topological polar surface area (TPSA) is 29.1 Å². The molecule has 6 heteroatoms. The highest BCUT2D eigenvalue weighted by atomic mass is 79.9. The van der Waals surface area contributed by atoms with Crippen molar-refractivity contribution in [3.05, 3.63) is 63.6 Å². The zero-order valence-corrected chi connectivity index (χ0v) is 12.5. The van der Waals surface area contributed by atoms with Gasteiger partial charge in [0.25, 0.3) is 5.91 Å². The minimum atomic E-state index is -4.57. The van der Waals surface area contributed by atoms with Gasteiger partial charge in [0.15, 0.2) is 0 Å². The molecule has 0 fully saturated rings. The first kappa shape index (κ1) is 15.6. The van der Waals surface area contributed by atoms with Crippen molar-refractivity contribution >= 4 is 27.5 Å². The molecule has 2 aromatic carbocycles.